The normalized spacial score (nSPS) is 14.2. The molecule has 0 fully saturated rings. The smallest absolute Gasteiger partial charge is 0.254 e. The number of carbonyl (C=O) groups excluding carboxylic acids is 4. The fraction of sp³-hybridized carbons (Fsp3) is 0.606. The number of aromatic nitrogens is 2. The lowest BCUT2D eigenvalue weighted by Crippen LogP contribution is -2.52. The Morgan fingerprint density at radius 2 is 1.59 bits per heavy atom. The molecule has 0 aliphatic carbocycles. The molecule has 1 aromatic carbocycles. The van der Waals surface area contributed by atoms with Gasteiger partial charge >= 0.3 is 0 Å². The van der Waals surface area contributed by atoms with E-state index in [1.165, 1.54) is 11.0 Å². The third kappa shape index (κ3) is 11.1. The second kappa shape index (κ2) is 16.9. The van der Waals surface area contributed by atoms with Crippen molar-refractivity contribution in [3.05, 3.63) is 53.6 Å². The number of aliphatic hydroxyl groups excluding tert-OH is 1. The average Bonchev–Trinajstić information content (AvgIpc) is 3.36. The zero-order valence-electron chi connectivity index (χ0n) is 27.8. The van der Waals surface area contributed by atoms with Crippen molar-refractivity contribution < 1.29 is 24.3 Å². The molecule has 0 saturated carbocycles. The molecule has 0 aliphatic heterocycles. The Morgan fingerprint density at radius 3 is 2.16 bits per heavy atom. The molecule has 0 radical (unpaired) electrons. The summed E-state index contributed by atoms with van der Waals surface area (Å²) in [6.07, 6.45) is 3.05. The van der Waals surface area contributed by atoms with E-state index in [4.69, 9.17) is 0 Å². The minimum absolute atomic E-state index is 0.0957. The van der Waals surface area contributed by atoms with Crippen LogP contribution < -0.4 is 16.0 Å². The molecule has 2 aromatic rings. The van der Waals surface area contributed by atoms with Crippen LogP contribution in [0, 0.1) is 23.7 Å². The first-order valence-electron chi connectivity index (χ1n) is 15.5. The fourth-order valence-electron chi connectivity index (χ4n) is 4.80. The monoisotopic (exact) mass is 612 g/mol. The zero-order valence-corrected chi connectivity index (χ0v) is 27.8. The highest BCUT2D eigenvalue weighted by atomic mass is 16.3. The van der Waals surface area contributed by atoms with E-state index in [0.29, 0.717) is 30.6 Å². The van der Waals surface area contributed by atoms with E-state index in [1.54, 1.807) is 38.4 Å². The van der Waals surface area contributed by atoms with Crippen LogP contribution in [-0.4, -0.2) is 75.0 Å². The highest BCUT2D eigenvalue weighted by Crippen LogP contribution is 2.18. The summed E-state index contributed by atoms with van der Waals surface area (Å²) in [6.45, 7) is 14.2. The minimum atomic E-state index is -1.01. The van der Waals surface area contributed by atoms with Gasteiger partial charge in [-0.15, -0.1) is 0 Å². The first kappa shape index (κ1) is 36.5. The van der Waals surface area contributed by atoms with Crippen molar-refractivity contribution in [1.29, 1.82) is 0 Å². The second-order valence-electron chi connectivity index (χ2n) is 13.0. The number of aryl methyl sites for hydroxylation is 1. The highest BCUT2D eigenvalue weighted by Gasteiger charge is 2.30. The minimum Gasteiger partial charge on any atom is -0.391 e. The van der Waals surface area contributed by atoms with Crippen LogP contribution >= 0.6 is 0 Å². The van der Waals surface area contributed by atoms with E-state index in [-0.39, 0.29) is 41.9 Å². The number of amides is 4. The Hall–Kier alpha value is -3.73. The van der Waals surface area contributed by atoms with Gasteiger partial charge in [-0.1, -0.05) is 54.5 Å². The lowest BCUT2D eigenvalue weighted by molar-refractivity contribution is -0.132. The van der Waals surface area contributed by atoms with E-state index >= 15 is 0 Å². The van der Waals surface area contributed by atoms with Crippen molar-refractivity contribution in [3.8, 4) is 0 Å². The summed E-state index contributed by atoms with van der Waals surface area (Å²) in [6, 6.07) is 5.15. The highest BCUT2D eigenvalue weighted by molar-refractivity contribution is 5.99. The van der Waals surface area contributed by atoms with Gasteiger partial charge in [0.25, 0.3) is 11.8 Å². The molecule has 4 N–H and O–H groups in total. The van der Waals surface area contributed by atoms with Crippen molar-refractivity contribution in [2.75, 3.05) is 13.6 Å². The van der Waals surface area contributed by atoms with Crippen molar-refractivity contribution in [1.82, 2.24) is 30.4 Å². The predicted molar refractivity (Wildman–Crippen MR) is 171 cm³/mol. The summed E-state index contributed by atoms with van der Waals surface area (Å²) < 4.78 is 1.84. The lowest BCUT2D eigenvalue weighted by atomic mass is 9.91. The van der Waals surface area contributed by atoms with E-state index in [0.717, 1.165) is 5.82 Å². The summed E-state index contributed by atoms with van der Waals surface area (Å²) in [5.41, 5.74) is 0.651. The number of benzene rings is 1. The van der Waals surface area contributed by atoms with Crippen LogP contribution in [-0.2, 0) is 23.2 Å². The topological polar surface area (TPSA) is 146 Å². The summed E-state index contributed by atoms with van der Waals surface area (Å²) in [7, 11) is 3.54. The molecule has 1 heterocycles. The molecule has 4 atom stereocenters. The van der Waals surface area contributed by atoms with Gasteiger partial charge in [0.05, 0.1) is 18.7 Å². The van der Waals surface area contributed by atoms with Gasteiger partial charge < -0.3 is 30.5 Å². The summed E-state index contributed by atoms with van der Waals surface area (Å²) in [4.78, 5) is 58.0. The van der Waals surface area contributed by atoms with Crippen LogP contribution in [0.4, 0.5) is 0 Å². The van der Waals surface area contributed by atoms with Gasteiger partial charge in [-0.05, 0) is 48.8 Å². The molecule has 244 valence electrons. The summed E-state index contributed by atoms with van der Waals surface area (Å²) in [5.74, 6) is -0.792. The number of nitrogens with zero attached hydrogens (tertiary/aromatic N) is 3. The van der Waals surface area contributed by atoms with E-state index < -0.39 is 30.0 Å². The number of hydrogen-bond donors (Lipinski definition) is 4. The van der Waals surface area contributed by atoms with Crippen molar-refractivity contribution >= 4 is 23.6 Å². The molecule has 2 rings (SSSR count). The Morgan fingerprint density at radius 1 is 0.932 bits per heavy atom. The van der Waals surface area contributed by atoms with E-state index in [2.05, 4.69) is 20.9 Å². The first-order valence-corrected chi connectivity index (χ1v) is 15.5. The largest absolute Gasteiger partial charge is 0.391 e. The summed E-state index contributed by atoms with van der Waals surface area (Å²) in [5, 5.41) is 19.8. The number of imidazole rings is 1. The Bertz CT molecular complexity index is 1260. The van der Waals surface area contributed by atoms with Crippen molar-refractivity contribution in [3.63, 3.8) is 0 Å². The molecule has 0 bridgehead atoms. The van der Waals surface area contributed by atoms with Gasteiger partial charge in [-0.3, -0.25) is 19.2 Å². The number of hydrogen-bond acceptors (Lipinski definition) is 6. The molecule has 1 aromatic heterocycles. The second-order valence-corrected chi connectivity index (χ2v) is 13.0. The van der Waals surface area contributed by atoms with Crippen LogP contribution in [0.2, 0.25) is 0 Å². The lowest BCUT2D eigenvalue weighted by Gasteiger charge is -2.29. The molecule has 0 saturated heterocycles. The van der Waals surface area contributed by atoms with Gasteiger partial charge in [0.2, 0.25) is 11.8 Å². The van der Waals surface area contributed by atoms with Crippen molar-refractivity contribution in [2.24, 2.45) is 30.7 Å². The standard InChI is InChI=1S/C33H52N6O5/c1-20(2)15-26(27(40)16-23(7)30(41)37-29(22(5)6)32(43)35-18-21(3)4)36-31(42)24-11-10-12-25(17-24)33(44)39(9)19-28-34-13-14-38(28)8/h10-14,17,20-23,26-27,29,40H,15-16,18-19H2,1-9H3,(H,35,43)(H,36,42)(H,37,41). The average molecular weight is 613 g/mol. The number of nitrogens with one attached hydrogen (secondary N) is 3. The number of aliphatic hydroxyl groups is 1. The fourth-order valence-corrected chi connectivity index (χ4v) is 4.80. The quantitative estimate of drug-likeness (QED) is 0.229. The molecule has 0 aliphatic rings. The Labute approximate surface area is 262 Å². The maximum Gasteiger partial charge on any atom is 0.254 e. The van der Waals surface area contributed by atoms with Gasteiger partial charge in [-0.25, -0.2) is 4.98 Å². The summed E-state index contributed by atoms with van der Waals surface area (Å²) >= 11 is 0. The molecular weight excluding hydrogens is 560 g/mol. The van der Waals surface area contributed by atoms with Gasteiger partial charge in [0.15, 0.2) is 0 Å². The van der Waals surface area contributed by atoms with Crippen LogP contribution in [0.1, 0.15) is 87.8 Å². The number of carbonyl (C=O) groups is 4. The Balaban J connectivity index is 2.08. The molecule has 0 spiro atoms. The molecule has 4 amide bonds. The molecule has 4 unspecified atom stereocenters. The van der Waals surface area contributed by atoms with Crippen LogP contribution in [0.5, 0.6) is 0 Å². The zero-order chi connectivity index (χ0) is 33.1. The molecular formula is C33H52N6O5. The van der Waals surface area contributed by atoms with Gasteiger partial charge in [-0.2, -0.15) is 0 Å². The SMILES string of the molecule is CC(C)CNC(=O)C(NC(=O)C(C)CC(O)C(CC(C)C)NC(=O)c1cccc(C(=O)N(C)Cc2nccn2C)c1)C(C)C. The maximum absolute atomic E-state index is 13.3. The van der Waals surface area contributed by atoms with Crippen LogP contribution in [0.15, 0.2) is 36.7 Å². The van der Waals surface area contributed by atoms with Gasteiger partial charge in [0.1, 0.15) is 11.9 Å². The molecule has 11 nitrogen and oxygen atoms in total. The maximum atomic E-state index is 13.3. The number of rotatable bonds is 16. The predicted octanol–water partition coefficient (Wildman–Crippen LogP) is 3.14. The van der Waals surface area contributed by atoms with Crippen molar-refractivity contribution in [2.45, 2.75) is 86.0 Å². The molecule has 44 heavy (non-hydrogen) atoms. The third-order valence-corrected chi connectivity index (χ3v) is 7.50. The van der Waals surface area contributed by atoms with Crippen LogP contribution in [0.25, 0.3) is 0 Å². The van der Waals surface area contributed by atoms with Gasteiger partial charge in [0, 0.05) is 50.1 Å². The van der Waals surface area contributed by atoms with E-state index in [9.17, 15) is 24.3 Å². The van der Waals surface area contributed by atoms with Crippen LogP contribution in [0.3, 0.4) is 0 Å². The Kier molecular flexibility index (Phi) is 14.0. The third-order valence-electron chi connectivity index (χ3n) is 7.50. The van der Waals surface area contributed by atoms with E-state index in [1.807, 2.05) is 59.4 Å². The first-order chi connectivity index (χ1) is 20.6. The molecule has 11 heteroatoms.